The predicted octanol–water partition coefficient (Wildman–Crippen LogP) is 8.42. The molecule has 0 aliphatic heterocycles. The van der Waals surface area contributed by atoms with E-state index in [1.807, 2.05) is 0 Å². The maximum absolute atomic E-state index is 13.9. The second-order valence-electron chi connectivity index (χ2n) is 7.03. The summed E-state index contributed by atoms with van der Waals surface area (Å²) < 4.78 is 279. The molecule has 1 rings (SSSR count). The van der Waals surface area contributed by atoms with Crippen LogP contribution in [0, 0.1) is 0 Å². The second kappa shape index (κ2) is 8.37. The van der Waals surface area contributed by atoms with Gasteiger partial charge in [-0.25, -0.2) is 0 Å². The van der Waals surface area contributed by atoms with E-state index in [9.17, 15) is 92.2 Å². The van der Waals surface area contributed by atoms with Crippen LogP contribution in [0.15, 0.2) is 30.3 Å². The van der Waals surface area contributed by atoms with Gasteiger partial charge in [-0.3, -0.25) is 0 Å². The Balaban J connectivity index is 3.81. The van der Waals surface area contributed by atoms with Crippen LogP contribution in [0.3, 0.4) is 0 Å². The molecule has 0 bridgehead atoms. The average Bonchev–Trinajstić information content (AvgIpc) is 2.72. The molecule has 0 N–H and O–H groups in total. The first kappa shape index (κ1) is 32.8. The maximum atomic E-state index is 13.9. The first-order chi connectivity index (χ1) is 15.9. The lowest BCUT2D eigenvalue weighted by Crippen LogP contribution is -2.76. The molecule has 0 aliphatic carbocycles. The second-order valence-corrected chi connectivity index (χ2v) is 7.03. The zero-order valence-electron chi connectivity index (χ0n) is 16.3. The third-order valence-corrected chi connectivity index (χ3v) is 4.65. The van der Waals surface area contributed by atoms with E-state index in [1.54, 1.807) is 0 Å². The van der Waals surface area contributed by atoms with Gasteiger partial charge in [0.1, 0.15) is 0 Å². The van der Waals surface area contributed by atoms with E-state index in [4.69, 9.17) is 0 Å². The molecule has 0 spiro atoms. The number of rotatable bonds is 9. The molecule has 0 heterocycles. The first-order valence-corrected chi connectivity index (χ1v) is 8.38. The molecule has 37 heavy (non-hydrogen) atoms. The molecule has 0 unspecified atom stereocenters. The Morgan fingerprint density at radius 3 is 0.811 bits per heavy atom. The van der Waals surface area contributed by atoms with Crippen LogP contribution in [0.1, 0.15) is 5.56 Å². The molecule has 0 saturated carbocycles. The summed E-state index contributed by atoms with van der Waals surface area (Å²) in [4.78, 5) is 0. The Kier molecular flexibility index (Phi) is 7.42. The highest BCUT2D eigenvalue weighted by Crippen LogP contribution is 2.66. The van der Waals surface area contributed by atoms with E-state index in [1.165, 1.54) is 0 Å². The lowest BCUT2D eigenvalue weighted by molar-refractivity contribution is -0.474. The molecular weight excluding hydrogens is 591 g/mol. The van der Waals surface area contributed by atoms with E-state index in [-0.39, 0.29) is 12.1 Å². The standard InChI is InChI=1S/C16H5F21/c17-7(18,6-4-2-1-3-5-6)8(19,20)9(21,22)10(23,24)11(25,26)12(27,28)13(29,30)14(31,32)15(33,34)16(35,36)37/h1-5H. The van der Waals surface area contributed by atoms with Crippen molar-refractivity contribution in [3.63, 3.8) is 0 Å². The molecule has 0 atom stereocenters. The minimum Gasteiger partial charge on any atom is -0.194 e. The fourth-order valence-corrected chi connectivity index (χ4v) is 2.39. The van der Waals surface area contributed by atoms with Gasteiger partial charge < -0.3 is 0 Å². The molecule has 0 aromatic heterocycles. The van der Waals surface area contributed by atoms with Gasteiger partial charge in [-0.15, -0.1) is 0 Å². The molecule has 0 nitrogen and oxygen atoms in total. The molecule has 0 aliphatic rings. The Hall–Kier alpha value is -2.25. The van der Waals surface area contributed by atoms with Gasteiger partial charge in [0, 0.05) is 5.56 Å². The van der Waals surface area contributed by atoms with E-state index in [0.29, 0.717) is 18.2 Å². The Morgan fingerprint density at radius 1 is 0.297 bits per heavy atom. The third-order valence-electron chi connectivity index (χ3n) is 4.65. The van der Waals surface area contributed by atoms with Crippen LogP contribution in [-0.2, 0) is 5.92 Å². The Morgan fingerprint density at radius 2 is 0.541 bits per heavy atom. The highest BCUT2D eigenvalue weighted by molar-refractivity contribution is 5.26. The number of alkyl halides is 21. The first-order valence-electron chi connectivity index (χ1n) is 8.38. The van der Waals surface area contributed by atoms with Crippen molar-refractivity contribution < 1.29 is 92.2 Å². The molecule has 1 aromatic rings. The fourth-order valence-electron chi connectivity index (χ4n) is 2.39. The minimum absolute atomic E-state index is 0.233. The van der Waals surface area contributed by atoms with Crippen molar-refractivity contribution in [2.45, 2.75) is 59.5 Å². The summed E-state index contributed by atoms with van der Waals surface area (Å²) in [6.45, 7) is 0. The van der Waals surface area contributed by atoms with Crippen molar-refractivity contribution >= 4 is 0 Å². The molecular formula is C16H5F21. The molecule has 0 fully saturated rings. The summed E-state index contributed by atoms with van der Waals surface area (Å²) >= 11 is 0. The van der Waals surface area contributed by atoms with Crippen LogP contribution < -0.4 is 0 Å². The number of hydrogen-bond acceptors (Lipinski definition) is 0. The molecule has 216 valence electrons. The van der Waals surface area contributed by atoms with E-state index >= 15 is 0 Å². The maximum Gasteiger partial charge on any atom is 0.460 e. The van der Waals surface area contributed by atoms with E-state index in [2.05, 4.69) is 0 Å². The number of halogens is 21. The molecule has 0 radical (unpaired) electrons. The minimum atomic E-state index is -9.16. The van der Waals surface area contributed by atoms with Crippen LogP contribution in [0.2, 0.25) is 0 Å². The van der Waals surface area contributed by atoms with Crippen LogP contribution in [0.5, 0.6) is 0 Å². The quantitative estimate of drug-likeness (QED) is 0.251. The molecule has 1 aromatic carbocycles. The largest absolute Gasteiger partial charge is 0.460 e. The van der Waals surface area contributed by atoms with Crippen molar-refractivity contribution in [3.8, 4) is 0 Å². The van der Waals surface area contributed by atoms with Crippen molar-refractivity contribution in [3.05, 3.63) is 35.9 Å². The normalized spacial score (nSPS) is 16.2. The van der Waals surface area contributed by atoms with Gasteiger partial charge in [0.2, 0.25) is 0 Å². The number of hydrogen-bond donors (Lipinski definition) is 0. The van der Waals surface area contributed by atoms with Crippen molar-refractivity contribution in [2.75, 3.05) is 0 Å². The van der Waals surface area contributed by atoms with Crippen molar-refractivity contribution in [1.82, 2.24) is 0 Å². The predicted molar refractivity (Wildman–Crippen MR) is 76.0 cm³/mol. The summed E-state index contributed by atoms with van der Waals surface area (Å²) in [5.74, 6) is -76.9. The fraction of sp³-hybridized carbons (Fsp3) is 0.625. The monoisotopic (exact) mass is 596 g/mol. The summed E-state index contributed by atoms with van der Waals surface area (Å²) in [6, 6.07) is 0.910. The highest BCUT2D eigenvalue weighted by Gasteiger charge is 2.97. The van der Waals surface area contributed by atoms with Crippen molar-refractivity contribution in [2.24, 2.45) is 0 Å². The van der Waals surface area contributed by atoms with Gasteiger partial charge in [-0.1, -0.05) is 30.3 Å². The lowest BCUT2D eigenvalue weighted by atomic mass is 9.85. The molecule has 0 amide bonds. The zero-order chi connectivity index (χ0) is 30.1. The van der Waals surface area contributed by atoms with Gasteiger partial charge in [-0.2, -0.15) is 92.2 Å². The van der Waals surface area contributed by atoms with Crippen LogP contribution in [0.25, 0.3) is 0 Å². The topological polar surface area (TPSA) is 0 Å². The van der Waals surface area contributed by atoms with Gasteiger partial charge in [0.05, 0.1) is 0 Å². The smallest absolute Gasteiger partial charge is 0.194 e. The van der Waals surface area contributed by atoms with Gasteiger partial charge in [-0.05, 0) is 0 Å². The zero-order valence-corrected chi connectivity index (χ0v) is 16.3. The van der Waals surface area contributed by atoms with Crippen LogP contribution in [-0.4, -0.2) is 53.6 Å². The summed E-state index contributed by atoms with van der Waals surface area (Å²) in [5, 5.41) is 0. The van der Waals surface area contributed by atoms with Crippen molar-refractivity contribution in [1.29, 1.82) is 0 Å². The third kappa shape index (κ3) is 3.95. The highest BCUT2D eigenvalue weighted by atomic mass is 19.4. The van der Waals surface area contributed by atoms with E-state index < -0.39 is 65.0 Å². The van der Waals surface area contributed by atoms with Crippen LogP contribution >= 0.6 is 0 Å². The van der Waals surface area contributed by atoms with Gasteiger partial charge in [0.15, 0.2) is 0 Å². The number of benzene rings is 1. The lowest BCUT2D eigenvalue weighted by Gasteiger charge is -2.44. The summed E-state index contributed by atoms with van der Waals surface area (Å²) in [5.41, 5.74) is -2.40. The Labute approximate surface area is 189 Å². The average molecular weight is 596 g/mol. The van der Waals surface area contributed by atoms with Gasteiger partial charge in [0.25, 0.3) is 0 Å². The summed E-state index contributed by atoms with van der Waals surface area (Å²) in [7, 11) is 0. The molecule has 21 heteroatoms. The molecule has 0 saturated heterocycles. The summed E-state index contributed by atoms with van der Waals surface area (Å²) in [6.07, 6.45) is -8.00. The Bertz CT molecular complexity index is 955. The SMILES string of the molecule is FC(F)(F)C(F)(F)C(F)(F)C(F)(F)C(F)(F)C(F)(F)C(F)(F)C(F)(F)C(F)(F)C(F)(F)c1ccccc1. The van der Waals surface area contributed by atoms with E-state index in [0.717, 1.165) is 0 Å². The van der Waals surface area contributed by atoms with Gasteiger partial charge >= 0.3 is 59.5 Å². The van der Waals surface area contributed by atoms with Crippen LogP contribution in [0.4, 0.5) is 92.2 Å².